The Morgan fingerprint density at radius 2 is 1.87 bits per heavy atom. The first-order valence-electron chi connectivity index (χ1n) is 8.73. The molecule has 0 aliphatic carbocycles. The maximum absolute atomic E-state index is 13.1. The summed E-state index contributed by atoms with van der Waals surface area (Å²) in [4.78, 5) is 23.9. The number of carbonyl (C=O) groups excluding carboxylic acids is 1. The fraction of sp³-hybridized carbons (Fsp3) is 0.200. The van der Waals surface area contributed by atoms with Crippen LogP contribution in [0.1, 0.15) is 12.5 Å². The van der Waals surface area contributed by atoms with E-state index in [9.17, 15) is 22.8 Å². The van der Waals surface area contributed by atoms with Crippen LogP contribution in [0.5, 0.6) is 17.2 Å². The summed E-state index contributed by atoms with van der Waals surface area (Å²) in [6.45, 7) is 1.56. The normalized spacial score (nSPS) is 13.9. The van der Waals surface area contributed by atoms with E-state index >= 15 is 0 Å². The van der Waals surface area contributed by atoms with Crippen molar-refractivity contribution in [2.75, 3.05) is 12.1 Å². The van der Waals surface area contributed by atoms with E-state index in [1.807, 2.05) is 0 Å². The van der Waals surface area contributed by atoms with Crippen LogP contribution in [0, 0.1) is 0 Å². The van der Waals surface area contributed by atoms with Crippen molar-refractivity contribution in [1.82, 2.24) is 0 Å². The van der Waals surface area contributed by atoms with E-state index in [1.54, 1.807) is 18.2 Å². The fourth-order valence-electron chi connectivity index (χ4n) is 2.93. The number of hydrogen-bond donors (Lipinski definition) is 1. The summed E-state index contributed by atoms with van der Waals surface area (Å²) in [5, 5.41) is 2.36. The Morgan fingerprint density at radius 3 is 2.63 bits per heavy atom. The van der Waals surface area contributed by atoms with Crippen LogP contribution in [0.2, 0.25) is 0 Å². The lowest BCUT2D eigenvalue weighted by molar-refractivity contribution is -0.136. The van der Waals surface area contributed by atoms with Crippen LogP contribution in [0.3, 0.4) is 0 Å². The molecule has 1 atom stereocenters. The maximum Gasteiger partial charge on any atom is 0.417 e. The molecule has 1 aliphatic rings. The van der Waals surface area contributed by atoms with Gasteiger partial charge in [0.1, 0.15) is 11.3 Å². The number of amides is 1. The molecule has 0 radical (unpaired) electrons. The SMILES string of the molecule is C[C@H](Oc1ccc2c(C(F)(F)F)cc(=O)oc2c1)C(=O)Nc1ccc2c(c1)OCO2. The van der Waals surface area contributed by atoms with Gasteiger partial charge in [0.2, 0.25) is 6.79 Å². The number of carbonyl (C=O) groups is 1. The molecule has 156 valence electrons. The van der Waals surface area contributed by atoms with E-state index in [0.29, 0.717) is 23.3 Å². The number of halogens is 3. The Labute approximate surface area is 167 Å². The smallest absolute Gasteiger partial charge is 0.417 e. The van der Waals surface area contributed by atoms with Crippen LogP contribution < -0.4 is 25.2 Å². The molecule has 0 saturated heterocycles. The van der Waals surface area contributed by atoms with Crippen molar-refractivity contribution in [2.45, 2.75) is 19.2 Å². The number of nitrogens with one attached hydrogen (secondary N) is 1. The average Bonchev–Trinajstić information content (AvgIpc) is 3.14. The number of fused-ring (bicyclic) bond motifs is 2. The van der Waals surface area contributed by atoms with E-state index in [1.165, 1.54) is 13.0 Å². The number of benzene rings is 2. The maximum atomic E-state index is 13.1. The molecule has 0 saturated carbocycles. The lowest BCUT2D eigenvalue weighted by atomic mass is 10.1. The topological polar surface area (TPSA) is 87.0 Å². The van der Waals surface area contributed by atoms with E-state index in [4.69, 9.17) is 18.6 Å². The molecule has 0 fully saturated rings. The third-order valence-electron chi connectivity index (χ3n) is 4.34. The standard InChI is InChI=1S/C20H14F3NO6/c1-10(19(26)24-11-2-5-15-17(6-11)28-9-27-15)29-12-3-4-13-14(20(21,22)23)8-18(25)30-16(13)7-12/h2-8,10H,9H2,1H3,(H,24,26)/t10-/m0/s1. The number of rotatable bonds is 4. The molecule has 30 heavy (non-hydrogen) atoms. The van der Waals surface area contributed by atoms with Crippen LogP contribution in [-0.4, -0.2) is 18.8 Å². The summed E-state index contributed by atoms with van der Waals surface area (Å²) >= 11 is 0. The molecule has 1 aliphatic heterocycles. The van der Waals surface area contributed by atoms with Gasteiger partial charge in [-0.1, -0.05) is 0 Å². The Bertz CT molecular complexity index is 1190. The molecule has 2 heterocycles. The molecule has 0 unspecified atom stereocenters. The van der Waals surface area contributed by atoms with Crippen LogP contribution in [0.25, 0.3) is 11.0 Å². The molecule has 10 heteroatoms. The zero-order chi connectivity index (χ0) is 21.5. The summed E-state index contributed by atoms with van der Waals surface area (Å²) in [7, 11) is 0. The predicted molar refractivity (Wildman–Crippen MR) is 98.8 cm³/mol. The lowest BCUT2D eigenvalue weighted by Gasteiger charge is -2.16. The van der Waals surface area contributed by atoms with Crippen LogP contribution in [-0.2, 0) is 11.0 Å². The van der Waals surface area contributed by atoms with E-state index < -0.39 is 29.4 Å². The number of ether oxygens (including phenoxy) is 3. The monoisotopic (exact) mass is 421 g/mol. The Balaban J connectivity index is 1.52. The summed E-state index contributed by atoms with van der Waals surface area (Å²) in [6, 6.07) is 8.78. The molecule has 1 N–H and O–H groups in total. The quantitative estimate of drug-likeness (QED) is 0.642. The molecule has 7 nitrogen and oxygen atoms in total. The second kappa shape index (κ2) is 7.29. The van der Waals surface area contributed by atoms with Crippen molar-refractivity contribution in [3.05, 3.63) is 58.4 Å². The molecule has 4 rings (SSSR count). The molecule has 0 bridgehead atoms. The van der Waals surface area contributed by atoms with E-state index in [2.05, 4.69) is 5.32 Å². The first kappa shape index (κ1) is 19.6. The second-order valence-electron chi connectivity index (χ2n) is 6.45. The van der Waals surface area contributed by atoms with Gasteiger partial charge in [-0.3, -0.25) is 4.79 Å². The highest BCUT2D eigenvalue weighted by Gasteiger charge is 2.34. The summed E-state index contributed by atoms with van der Waals surface area (Å²) < 4.78 is 60.2. The average molecular weight is 421 g/mol. The molecule has 1 aromatic heterocycles. The van der Waals surface area contributed by atoms with Gasteiger partial charge < -0.3 is 23.9 Å². The molecule has 2 aromatic carbocycles. The lowest BCUT2D eigenvalue weighted by Crippen LogP contribution is -2.30. The highest BCUT2D eigenvalue weighted by atomic mass is 19.4. The van der Waals surface area contributed by atoms with E-state index in [0.717, 1.165) is 12.1 Å². The van der Waals surface area contributed by atoms with Crippen molar-refractivity contribution >= 4 is 22.6 Å². The number of hydrogen-bond acceptors (Lipinski definition) is 6. The van der Waals surface area contributed by atoms with Gasteiger partial charge in [-0.25, -0.2) is 4.79 Å². The first-order chi connectivity index (χ1) is 14.2. The van der Waals surface area contributed by atoms with Gasteiger partial charge in [-0.2, -0.15) is 13.2 Å². The van der Waals surface area contributed by atoms with Crippen molar-refractivity contribution in [2.24, 2.45) is 0 Å². The van der Waals surface area contributed by atoms with Crippen molar-refractivity contribution < 1.29 is 36.6 Å². The summed E-state index contributed by atoms with van der Waals surface area (Å²) in [5.74, 6) is 0.623. The Hall–Kier alpha value is -3.69. The minimum atomic E-state index is -4.71. The highest BCUT2D eigenvalue weighted by Crippen LogP contribution is 2.36. The Kier molecular flexibility index (Phi) is 4.76. The highest BCUT2D eigenvalue weighted by molar-refractivity contribution is 5.94. The first-order valence-corrected chi connectivity index (χ1v) is 8.73. The molecule has 1 amide bonds. The van der Waals surface area contributed by atoms with Gasteiger partial charge in [-0.15, -0.1) is 0 Å². The van der Waals surface area contributed by atoms with Crippen molar-refractivity contribution in [3.8, 4) is 17.2 Å². The largest absolute Gasteiger partial charge is 0.481 e. The van der Waals surface area contributed by atoms with Gasteiger partial charge in [0, 0.05) is 29.3 Å². The molecular weight excluding hydrogens is 407 g/mol. The predicted octanol–water partition coefficient (Wildman–Crippen LogP) is 3.95. The zero-order valence-electron chi connectivity index (χ0n) is 15.4. The van der Waals surface area contributed by atoms with Gasteiger partial charge in [0.05, 0.1) is 5.56 Å². The zero-order valence-corrected chi connectivity index (χ0v) is 15.4. The molecule has 3 aromatic rings. The van der Waals surface area contributed by atoms with Gasteiger partial charge in [0.15, 0.2) is 17.6 Å². The number of alkyl halides is 3. The van der Waals surface area contributed by atoms with Gasteiger partial charge >= 0.3 is 11.8 Å². The van der Waals surface area contributed by atoms with Gasteiger partial charge in [-0.05, 0) is 31.2 Å². The number of anilines is 1. The molecular formula is C20H14F3NO6. The third-order valence-corrected chi connectivity index (χ3v) is 4.34. The minimum absolute atomic E-state index is 0.0679. The molecule has 0 spiro atoms. The summed E-state index contributed by atoms with van der Waals surface area (Å²) in [6.07, 6.45) is -5.71. The van der Waals surface area contributed by atoms with E-state index in [-0.39, 0.29) is 23.5 Å². The minimum Gasteiger partial charge on any atom is -0.481 e. The van der Waals surface area contributed by atoms with Crippen molar-refractivity contribution in [1.29, 1.82) is 0 Å². The van der Waals surface area contributed by atoms with Crippen LogP contribution in [0.4, 0.5) is 18.9 Å². The Morgan fingerprint density at radius 1 is 1.10 bits per heavy atom. The fourth-order valence-corrected chi connectivity index (χ4v) is 2.93. The second-order valence-corrected chi connectivity index (χ2v) is 6.45. The summed E-state index contributed by atoms with van der Waals surface area (Å²) in [5.41, 5.74) is -2.08. The van der Waals surface area contributed by atoms with Gasteiger partial charge in [0.25, 0.3) is 5.91 Å². The third kappa shape index (κ3) is 3.88. The van der Waals surface area contributed by atoms with Crippen LogP contribution in [0.15, 0.2) is 51.7 Å². The van der Waals surface area contributed by atoms with Crippen molar-refractivity contribution in [3.63, 3.8) is 0 Å². The van der Waals surface area contributed by atoms with Crippen LogP contribution >= 0.6 is 0 Å².